The first-order valence-corrected chi connectivity index (χ1v) is 16.6. The van der Waals surface area contributed by atoms with Crippen molar-refractivity contribution in [1.82, 2.24) is 4.57 Å². The smallest absolute Gasteiger partial charge is 0.160 e. The number of aryl methyl sites for hydroxylation is 2. The molecular formula is C45H33NO2. The fourth-order valence-electron chi connectivity index (χ4n) is 7.57. The van der Waals surface area contributed by atoms with E-state index < -0.39 is 0 Å². The molecular weight excluding hydrogens is 587 g/mol. The van der Waals surface area contributed by atoms with E-state index in [-0.39, 0.29) is 5.78 Å². The molecule has 2 aromatic heterocycles. The van der Waals surface area contributed by atoms with E-state index in [1.54, 1.807) is 6.92 Å². The average molecular weight is 620 g/mol. The van der Waals surface area contributed by atoms with Crippen LogP contribution in [0.4, 0.5) is 0 Å². The zero-order valence-electron chi connectivity index (χ0n) is 27.0. The minimum absolute atomic E-state index is 0.0614. The zero-order valence-corrected chi connectivity index (χ0v) is 27.0. The van der Waals surface area contributed by atoms with E-state index in [0.29, 0.717) is 0 Å². The van der Waals surface area contributed by atoms with Gasteiger partial charge >= 0.3 is 0 Å². The average Bonchev–Trinajstić information content (AvgIpc) is 3.67. The summed E-state index contributed by atoms with van der Waals surface area (Å²) in [5, 5.41) is 3.58. The Morgan fingerprint density at radius 3 is 2.29 bits per heavy atom. The minimum atomic E-state index is 0.0614. The second kappa shape index (κ2) is 11.1. The van der Waals surface area contributed by atoms with Crippen molar-refractivity contribution in [3.63, 3.8) is 0 Å². The maximum absolute atomic E-state index is 12.9. The van der Waals surface area contributed by atoms with Gasteiger partial charge in [-0.1, -0.05) is 103 Å². The standard InChI is InChI=1S/C45H33NO2/c1-28-11-3-4-14-34(28)36-23-21-31(26-40(36)29(2)47)30-12-9-13-33(25-30)46-42-19-7-5-15-37(42)41-27-32(22-24-43(41)46)35-17-10-18-39-38-16-6-8-20-44(38)48-45(35)39/h3-7,9-19,21-27H,8,20H2,1-2H3. The molecule has 0 bridgehead atoms. The van der Waals surface area contributed by atoms with Crippen LogP contribution in [0.25, 0.3) is 77.9 Å². The van der Waals surface area contributed by atoms with Crippen LogP contribution in [0.2, 0.25) is 0 Å². The molecule has 0 spiro atoms. The molecule has 8 aromatic rings. The van der Waals surface area contributed by atoms with Gasteiger partial charge in [-0.2, -0.15) is 0 Å². The number of fused-ring (bicyclic) bond motifs is 6. The van der Waals surface area contributed by atoms with E-state index in [9.17, 15) is 4.79 Å². The molecule has 0 aliphatic heterocycles. The largest absolute Gasteiger partial charge is 0.460 e. The summed E-state index contributed by atoms with van der Waals surface area (Å²) in [6.45, 7) is 3.74. The number of para-hydroxylation sites is 2. The summed E-state index contributed by atoms with van der Waals surface area (Å²) in [6.07, 6.45) is 6.41. The van der Waals surface area contributed by atoms with Crippen molar-refractivity contribution >= 4 is 44.6 Å². The van der Waals surface area contributed by atoms with E-state index in [1.165, 1.54) is 21.7 Å². The molecule has 0 N–H and O–H groups in total. The summed E-state index contributed by atoms with van der Waals surface area (Å²) in [5.41, 5.74) is 13.8. The predicted molar refractivity (Wildman–Crippen MR) is 199 cm³/mol. The number of furan rings is 1. The maximum atomic E-state index is 12.9. The minimum Gasteiger partial charge on any atom is -0.460 e. The second-order valence-electron chi connectivity index (χ2n) is 12.8. The Kier molecular flexibility index (Phi) is 6.55. The van der Waals surface area contributed by atoms with Gasteiger partial charge in [0.25, 0.3) is 0 Å². The van der Waals surface area contributed by atoms with Gasteiger partial charge in [0.2, 0.25) is 0 Å². The molecule has 0 fully saturated rings. The fraction of sp³-hybridized carbons (Fsp3) is 0.0889. The number of rotatable bonds is 5. The van der Waals surface area contributed by atoms with Crippen LogP contribution in [-0.4, -0.2) is 10.4 Å². The van der Waals surface area contributed by atoms with Crippen molar-refractivity contribution in [2.24, 2.45) is 0 Å². The Labute approximate surface area is 279 Å². The molecule has 230 valence electrons. The molecule has 3 nitrogen and oxygen atoms in total. The van der Waals surface area contributed by atoms with Crippen molar-refractivity contribution in [3.8, 4) is 39.1 Å². The molecule has 9 rings (SSSR count). The lowest BCUT2D eigenvalue weighted by Gasteiger charge is -2.14. The third-order valence-corrected chi connectivity index (χ3v) is 9.91. The summed E-state index contributed by atoms with van der Waals surface area (Å²) >= 11 is 0. The summed E-state index contributed by atoms with van der Waals surface area (Å²) < 4.78 is 8.84. The number of allylic oxidation sites excluding steroid dienone is 1. The number of ketones is 1. The first-order valence-electron chi connectivity index (χ1n) is 16.6. The number of nitrogens with zero attached hydrogens (tertiary/aromatic N) is 1. The second-order valence-corrected chi connectivity index (χ2v) is 12.8. The molecule has 6 aromatic carbocycles. The Morgan fingerprint density at radius 2 is 1.40 bits per heavy atom. The van der Waals surface area contributed by atoms with Gasteiger partial charge in [-0.15, -0.1) is 0 Å². The number of hydrogen-bond donors (Lipinski definition) is 0. The van der Waals surface area contributed by atoms with E-state index in [1.807, 2.05) is 18.2 Å². The van der Waals surface area contributed by atoms with Crippen molar-refractivity contribution in [2.45, 2.75) is 26.7 Å². The van der Waals surface area contributed by atoms with Crippen molar-refractivity contribution < 1.29 is 9.21 Å². The molecule has 0 unspecified atom stereocenters. The van der Waals surface area contributed by atoms with Crippen molar-refractivity contribution in [2.75, 3.05) is 0 Å². The predicted octanol–water partition coefficient (Wildman–Crippen LogP) is 12.0. The summed E-state index contributed by atoms with van der Waals surface area (Å²) in [7, 11) is 0. The third kappa shape index (κ3) is 4.46. The molecule has 0 radical (unpaired) electrons. The maximum Gasteiger partial charge on any atom is 0.160 e. The lowest BCUT2D eigenvalue weighted by Crippen LogP contribution is -1.99. The molecule has 0 amide bonds. The number of Topliss-reactive ketones (excluding diaryl/α,β-unsaturated/α-hetero) is 1. The lowest BCUT2D eigenvalue weighted by atomic mass is 9.91. The van der Waals surface area contributed by atoms with Gasteiger partial charge in [0, 0.05) is 45.0 Å². The zero-order chi connectivity index (χ0) is 32.4. The molecule has 0 saturated heterocycles. The fourth-order valence-corrected chi connectivity index (χ4v) is 7.57. The van der Waals surface area contributed by atoms with Crippen LogP contribution in [0.1, 0.15) is 40.6 Å². The monoisotopic (exact) mass is 619 g/mol. The highest BCUT2D eigenvalue weighted by molar-refractivity contribution is 6.11. The van der Waals surface area contributed by atoms with Crippen LogP contribution >= 0.6 is 0 Å². The van der Waals surface area contributed by atoms with E-state index in [2.05, 4.69) is 133 Å². The van der Waals surface area contributed by atoms with Gasteiger partial charge in [0.05, 0.1) is 11.0 Å². The number of carbonyl (C=O) groups excluding carboxylic acids is 1. The lowest BCUT2D eigenvalue weighted by molar-refractivity contribution is 0.101. The van der Waals surface area contributed by atoms with Crippen molar-refractivity contribution in [3.05, 3.63) is 156 Å². The first kappa shape index (κ1) is 28.3. The van der Waals surface area contributed by atoms with Crippen LogP contribution in [0, 0.1) is 6.92 Å². The number of carbonyl (C=O) groups is 1. The molecule has 2 heterocycles. The molecule has 48 heavy (non-hydrogen) atoms. The summed E-state index contributed by atoms with van der Waals surface area (Å²) in [5.74, 6) is 1.14. The molecule has 1 aliphatic carbocycles. The number of benzene rings is 6. The highest BCUT2D eigenvalue weighted by Crippen LogP contribution is 2.40. The first-order chi connectivity index (χ1) is 23.5. The van der Waals surface area contributed by atoms with Gasteiger partial charge in [0.1, 0.15) is 11.3 Å². The Bertz CT molecular complexity index is 2610. The highest BCUT2D eigenvalue weighted by Gasteiger charge is 2.19. The van der Waals surface area contributed by atoms with Gasteiger partial charge in [-0.05, 0) is 90.0 Å². The third-order valence-electron chi connectivity index (χ3n) is 9.91. The van der Waals surface area contributed by atoms with Gasteiger partial charge in [-0.3, -0.25) is 4.79 Å². The number of hydrogen-bond acceptors (Lipinski definition) is 2. The Morgan fingerprint density at radius 1 is 0.646 bits per heavy atom. The van der Waals surface area contributed by atoms with Crippen LogP contribution in [-0.2, 0) is 6.42 Å². The van der Waals surface area contributed by atoms with Crippen LogP contribution in [0.15, 0.2) is 138 Å². The van der Waals surface area contributed by atoms with E-state index in [0.717, 1.165) is 85.4 Å². The molecule has 3 heteroatoms. The van der Waals surface area contributed by atoms with Gasteiger partial charge in [0.15, 0.2) is 5.78 Å². The SMILES string of the molecule is CC(=O)c1cc(-c2cccc(-n3c4ccccc4c4cc(-c5cccc6c7c(oc56)CCC=C7)ccc43)c2)ccc1-c1ccccc1C. The Balaban J connectivity index is 1.18. The molecule has 0 saturated carbocycles. The van der Waals surface area contributed by atoms with Crippen LogP contribution in [0.5, 0.6) is 0 Å². The quantitative estimate of drug-likeness (QED) is 0.180. The number of aromatic nitrogens is 1. The molecule has 0 atom stereocenters. The molecule has 1 aliphatic rings. The van der Waals surface area contributed by atoms with Crippen LogP contribution in [0.3, 0.4) is 0 Å². The van der Waals surface area contributed by atoms with Crippen molar-refractivity contribution in [1.29, 1.82) is 0 Å². The Hall–Kier alpha value is -5.93. The van der Waals surface area contributed by atoms with Gasteiger partial charge in [-0.25, -0.2) is 0 Å². The van der Waals surface area contributed by atoms with Gasteiger partial charge < -0.3 is 8.98 Å². The highest BCUT2D eigenvalue weighted by atomic mass is 16.3. The summed E-state index contributed by atoms with van der Waals surface area (Å²) in [6, 6.07) is 45.0. The van der Waals surface area contributed by atoms with Crippen LogP contribution < -0.4 is 0 Å². The normalized spacial score (nSPS) is 12.6. The van der Waals surface area contributed by atoms with E-state index in [4.69, 9.17) is 4.42 Å². The topological polar surface area (TPSA) is 35.1 Å². The van der Waals surface area contributed by atoms with E-state index >= 15 is 0 Å². The summed E-state index contributed by atoms with van der Waals surface area (Å²) in [4.78, 5) is 12.9.